The van der Waals surface area contributed by atoms with Crippen molar-refractivity contribution in [1.82, 2.24) is 0 Å². The second kappa shape index (κ2) is 8.46. The number of alkyl halides is 3. The van der Waals surface area contributed by atoms with Crippen LogP contribution in [0, 0.1) is 0 Å². The minimum atomic E-state index is -4.53. The summed E-state index contributed by atoms with van der Waals surface area (Å²) in [4.78, 5) is 28.2. The molecule has 2 aromatic carbocycles. The van der Waals surface area contributed by atoms with Crippen LogP contribution in [0.25, 0.3) is 0 Å². The maximum absolute atomic E-state index is 13.3. The van der Waals surface area contributed by atoms with Gasteiger partial charge in [-0.1, -0.05) is 12.1 Å². The number of benzene rings is 2. The third-order valence-corrected chi connectivity index (χ3v) is 5.14. The molecule has 0 saturated carbocycles. The highest BCUT2D eigenvalue weighted by Gasteiger charge is 2.32. The Morgan fingerprint density at radius 2 is 1.84 bits per heavy atom. The van der Waals surface area contributed by atoms with E-state index in [4.69, 9.17) is 4.74 Å². The zero-order chi connectivity index (χ0) is 22.0. The number of rotatable bonds is 4. The minimum Gasteiger partial charge on any atom is -0.378 e. The van der Waals surface area contributed by atoms with Gasteiger partial charge in [0.1, 0.15) is 0 Å². The molecule has 0 unspecified atom stereocenters. The topological polar surface area (TPSA) is 73.9 Å². The smallest absolute Gasteiger partial charge is 0.378 e. The number of nitrogens with zero attached hydrogens (tertiary/aromatic N) is 2. The summed E-state index contributed by atoms with van der Waals surface area (Å²) in [5.74, 6) is -0.780. The molecule has 2 aromatic rings. The van der Waals surface area contributed by atoms with Crippen LogP contribution in [0.15, 0.2) is 42.5 Å². The summed E-state index contributed by atoms with van der Waals surface area (Å²) in [6.45, 7) is 1.72. The lowest BCUT2D eigenvalue weighted by Gasteiger charge is -2.32. The highest BCUT2D eigenvalue weighted by atomic mass is 19.4. The minimum absolute atomic E-state index is 0.0245. The van der Waals surface area contributed by atoms with Gasteiger partial charge < -0.3 is 25.2 Å². The average Bonchev–Trinajstić information content (AvgIpc) is 2.73. The van der Waals surface area contributed by atoms with E-state index in [1.54, 1.807) is 29.2 Å². The number of hydrogen-bond acceptors (Lipinski definition) is 5. The van der Waals surface area contributed by atoms with E-state index >= 15 is 0 Å². The number of amides is 2. The van der Waals surface area contributed by atoms with Crippen molar-refractivity contribution < 1.29 is 27.5 Å². The van der Waals surface area contributed by atoms with E-state index in [1.165, 1.54) is 6.07 Å². The number of para-hydroxylation sites is 2. The van der Waals surface area contributed by atoms with Crippen molar-refractivity contribution in [3.05, 3.63) is 48.0 Å². The maximum Gasteiger partial charge on any atom is 0.416 e. The first kappa shape index (κ1) is 21.0. The molecule has 0 radical (unpaired) electrons. The summed E-state index contributed by atoms with van der Waals surface area (Å²) >= 11 is 0. The Labute approximate surface area is 176 Å². The first-order valence-corrected chi connectivity index (χ1v) is 9.79. The van der Waals surface area contributed by atoms with Gasteiger partial charge in [0.15, 0.2) is 0 Å². The van der Waals surface area contributed by atoms with Crippen LogP contribution in [0.2, 0.25) is 0 Å². The normalized spacial score (nSPS) is 16.5. The van der Waals surface area contributed by atoms with E-state index in [0.717, 1.165) is 12.1 Å². The van der Waals surface area contributed by atoms with Gasteiger partial charge in [0, 0.05) is 13.1 Å². The van der Waals surface area contributed by atoms with Crippen molar-refractivity contribution in [2.45, 2.75) is 6.18 Å². The Morgan fingerprint density at radius 1 is 1.10 bits per heavy atom. The van der Waals surface area contributed by atoms with Crippen LogP contribution in [0.4, 0.5) is 35.9 Å². The lowest BCUT2D eigenvalue weighted by Crippen LogP contribution is -2.42. The summed E-state index contributed by atoms with van der Waals surface area (Å²) in [5.41, 5.74) is 0.995. The predicted octanol–water partition coefficient (Wildman–Crippen LogP) is 2.94. The molecule has 2 heterocycles. The van der Waals surface area contributed by atoms with Crippen molar-refractivity contribution in [3.8, 4) is 0 Å². The summed E-state index contributed by atoms with van der Waals surface area (Å²) in [7, 11) is 0. The van der Waals surface area contributed by atoms with Crippen LogP contribution < -0.4 is 20.4 Å². The molecule has 2 amide bonds. The van der Waals surface area contributed by atoms with Crippen molar-refractivity contribution in [2.24, 2.45) is 0 Å². The molecule has 2 N–H and O–H groups in total. The maximum atomic E-state index is 13.3. The second-order valence-corrected chi connectivity index (χ2v) is 7.30. The second-order valence-electron chi connectivity index (χ2n) is 7.30. The number of carbonyl (C=O) groups is 2. The van der Waals surface area contributed by atoms with Crippen LogP contribution in [0.3, 0.4) is 0 Å². The molecule has 2 aliphatic rings. The monoisotopic (exact) mass is 434 g/mol. The average molecular weight is 434 g/mol. The summed E-state index contributed by atoms with van der Waals surface area (Å²) in [6, 6.07) is 10.4. The van der Waals surface area contributed by atoms with E-state index in [0.29, 0.717) is 43.4 Å². The molecule has 0 aromatic heterocycles. The number of halogens is 3. The Hall–Kier alpha value is -3.27. The molecule has 4 rings (SSSR count). The summed E-state index contributed by atoms with van der Waals surface area (Å²) in [6.07, 6.45) is -4.53. The summed E-state index contributed by atoms with van der Waals surface area (Å²) in [5, 5.41) is 5.35. The highest BCUT2D eigenvalue weighted by molar-refractivity contribution is 6.04. The van der Waals surface area contributed by atoms with E-state index in [1.807, 2.05) is 4.90 Å². The highest BCUT2D eigenvalue weighted by Crippen LogP contribution is 2.36. The van der Waals surface area contributed by atoms with Gasteiger partial charge in [0.05, 0.1) is 54.6 Å². The van der Waals surface area contributed by atoms with Gasteiger partial charge in [-0.25, -0.2) is 0 Å². The van der Waals surface area contributed by atoms with E-state index in [2.05, 4.69) is 10.6 Å². The Kier molecular flexibility index (Phi) is 5.73. The van der Waals surface area contributed by atoms with Gasteiger partial charge in [-0.15, -0.1) is 0 Å². The van der Waals surface area contributed by atoms with Crippen LogP contribution in [0.1, 0.15) is 5.56 Å². The van der Waals surface area contributed by atoms with E-state index < -0.39 is 17.6 Å². The molecule has 31 heavy (non-hydrogen) atoms. The van der Waals surface area contributed by atoms with Crippen molar-refractivity contribution in [3.63, 3.8) is 0 Å². The quantitative estimate of drug-likeness (QED) is 0.774. The predicted molar refractivity (Wildman–Crippen MR) is 110 cm³/mol. The van der Waals surface area contributed by atoms with E-state index in [-0.39, 0.29) is 24.7 Å². The van der Waals surface area contributed by atoms with Crippen molar-refractivity contribution >= 4 is 34.6 Å². The Balaban J connectivity index is 1.57. The molecule has 0 spiro atoms. The lowest BCUT2D eigenvalue weighted by molar-refractivity contribution is -0.137. The van der Waals surface area contributed by atoms with Crippen LogP contribution >= 0.6 is 0 Å². The molecular weight excluding hydrogens is 413 g/mol. The molecular formula is C21H21F3N4O3. The first-order chi connectivity index (χ1) is 14.8. The van der Waals surface area contributed by atoms with Gasteiger partial charge in [-0.2, -0.15) is 13.2 Å². The molecule has 164 valence electrons. The standard InChI is InChI=1S/C21H21F3N4O3/c22-21(23,24)14-5-6-18(27-7-9-31-10-8-27)16(11-14)26-20(30)13-28-12-19(29)25-15-3-1-2-4-17(15)28/h1-6,11H,7-10,12-13H2,(H,25,29)(H,26,30). The molecule has 1 saturated heterocycles. The fourth-order valence-corrected chi connectivity index (χ4v) is 3.70. The van der Waals surface area contributed by atoms with Gasteiger partial charge >= 0.3 is 6.18 Å². The molecule has 10 heteroatoms. The molecule has 1 fully saturated rings. The summed E-state index contributed by atoms with van der Waals surface area (Å²) < 4.78 is 45.1. The van der Waals surface area contributed by atoms with Gasteiger partial charge in [-0.05, 0) is 30.3 Å². The number of hydrogen-bond donors (Lipinski definition) is 2. The third-order valence-electron chi connectivity index (χ3n) is 5.14. The molecule has 2 aliphatic heterocycles. The van der Waals surface area contributed by atoms with Gasteiger partial charge in [0.25, 0.3) is 0 Å². The number of ether oxygens (including phenoxy) is 1. The van der Waals surface area contributed by atoms with Crippen molar-refractivity contribution in [1.29, 1.82) is 0 Å². The number of morpholine rings is 1. The first-order valence-electron chi connectivity index (χ1n) is 9.79. The van der Waals surface area contributed by atoms with E-state index in [9.17, 15) is 22.8 Å². The lowest BCUT2D eigenvalue weighted by atomic mass is 10.1. The van der Waals surface area contributed by atoms with Gasteiger partial charge in [0.2, 0.25) is 11.8 Å². The third kappa shape index (κ3) is 4.74. The SMILES string of the molecule is O=C(CN1CC(=O)Nc2ccccc21)Nc1cc(C(F)(F)F)ccc1N1CCOCC1. The number of carbonyl (C=O) groups excluding carboxylic acids is 2. The van der Waals surface area contributed by atoms with Crippen LogP contribution in [0.5, 0.6) is 0 Å². The zero-order valence-electron chi connectivity index (χ0n) is 16.5. The van der Waals surface area contributed by atoms with Crippen molar-refractivity contribution in [2.75, 3.05) is 59.8 Å². The molecule has 0 aliphatic carbocycles. The van der Waals surface area contributed by atoms with Crippen LogP contribution in [-0.2, 0) is 20.5 Å². The van der Waals surface area contributed by atoms with Gasteiger partial charge in [-0.3, -0.25) is 9.59 Å². The molecule has 0 atom stereocenters. The zero-order valence-corrected chi connectivity index (χ0v) is 16.5. The molecule has 0 bridgehead atoms. The largest absolute Gasteiger partial charge is 0.416 e. The number of nitrogens with one attached hydrogen (secondary N) is 2. The number of anilines is 4. The molecule has 7 nitrogen and oxygen atoms in total. The van der Waals surface area contributed by atoms with Crippen LogP contribution in [-0.4, -0.2) is 51.2 Å². The Morgan fingerprint density at radius 3 is 2.58 bits per heavy atom. The Bertz CT molecular complexity index is 990. The fourth-order valence-electron chi connectivity index (χ4n) is 3.70. The number of fused-ring (bicyclic) bond motifs is 1. The fraction of sp³-hybridized carbons (Fsp3) is 0.333.